The van der Waals surface area contributed by atoms with Gasteiger partial charge in [-0.2, -0.15) is 13.5 Å². The lowest BCUT2D eigenvalue weighted by molar-refractivity contribution is -0.150. The van der Waals surface area contributed by atoms with Crippen LogP contribution < -0.4 is 25.7 Å². The molecule has 0 aliphatic carbocycles. The molecule has 434 valence electrons. The number of esters is 1. The summed E-state index contributed by atoms with van der Waals surface area (Å²) >= 11 is 7.99. The van der Waals surface area contributed by atoms with Crippen molar-refractivity contribution in [3.05, 3.63) is 112 Å². The molecule has 2 fully saturated rings. The number of amides is 6. The van der Waals surface area contributed by atoms with Crippen molar-refractivity contribution in [2.24, 2.45) is 11.0 Å². The van der Waals surface area contributed by atoms with Crippen molar-refractivity contribution in [1.82, 2.24) is 15.6 Å². The summed E-state index contributed by atoms with van der Waals surface area (Å²) in [5.41, 5.74) is 2.32. The minimum atomic E-state index is -4.97. The molecule has 3 aromatic rings. The van der Waals surface area contributed by atoms with Crippen LogP contribution in [0.3, 0.4) is 0 Å². The Morgan fingerprint density at radius 2 is 1.74 bits per heavy atom. The predicted molar refractivity (Wildman–Crippen MR) is 300 cm³/mol. The number of epoxide rings is 1. The maximum Gasteiger partial charge on any atom is 0.409 e. The zero-order valence-electron chi connectivity index (χ0n) is 45.9. The summed E-state index contributed by atoms with van der Waals surface area (Å²) in [6.07, 6.45) is 4.38. The molecule has 0 saturated carbocycles. The zero-order chi connectivity index (χ0) is 59.1. The second-order valence-corrected chi connectivity index (χ2v) is 23.2. The number of unbranched alkanes of at least 4 members (excludes halogenated alkanes) is 2. The fraction of sp³-hybridized carbons (Fsp3) is 0.429. The van der Waals surface area contributed by atoms with Gasteiger partial charge in [0.2, 0.25) is 11.8 Å². The van der Waals surface area contributed by atoms with Crippen LogP contribution in [0.5, 0.6) is 5.75 Å². The summed E-state index contributed by atoms with van der Waals surface area (Å²) in [6, 6.07) is 12.1. The van der Waals surface area contributed by atoms with E-state index < -0.39 is 104 Å². The Labute approximate surface area is 478 Å². The van der Waals surface area contributed by atoms with Gasteiger partial charge in [0.15, 0.2) is 5.72 Å². The number of aliphatic hydroxyl groups is 1. The fourth-order valence-electron chi connectivity index (χ4n) is 9.84. The number of carbonyl (C=O) groups is 7. The van der Waals surface area contributed by atoms with E-state index in [4.69, 9.17) is 35.3 Å². The van der Waals surface area contributed by atoms with E-state index in [9.17, 15) is 51.6 Å². The van der Waals surface area contributed by atoms with Crippen LogP contribution in [0.25, 0.3) is 0 Å². The first-order valence-electron chi connectivity index (χ1n) is 25.9. The number of hydrogen-bond donors (Lipinski definition) is 5. The fourth-order valence-corrected chi connectivity index (χ4v) is 11.7. The number of hydrazone groups is 1. The monoisotopic (exact) mass is 1180 g/mol. The highest BCUT2D eigenvalue weighted by molar-refractivity contribution is 8.00. The topological polar surface area (TPSA) is 298 Å². The van der Waals surface area contributed by atoms with Crippen molar-refractivity contribution >= 4 is 92.2 Å². The smallest absolute Gasteiger partial charge is 0.409 e. The second kappa shape index (κ2) is 25.9. The number of nitrogens with zero attached hydrogens (tertiary/aromatic N) is 3. The summed E-state index contributed by atoms with van der Waals surface area (Å²) in [5, 5.41) is 21.3. The van der Waals surface area contributed by atoms with E-state index >= 15 is 0 Å². The Morgan fingerprint density at radius 1 is 1.01 bits per heavy atom. The van der Waals surface area contributed by atoms with Crippen molar-refractivity contribution < 1.29 is 75.3 Å². The number of nitrogens with one attached hydrogen (secondary N) is 3. The van der Waals surface area contributed by atoms with E-state index in [0.717, 1.165) is 39.9 Å². The number of imide groups is 1. The molecule has 4 heterocycles. The molecule has 0 spiro atoms. The number of aryl methyl sites for hydroxylation is 1. The van der Waals surface area contributed by atoms with Gasteiger partial charge in [-0.15, -0.1) is 11.8 Å². The van der Waals surface area contributed by atoms with Crippen molar-refractivity contribution in [2.75, 3.05) is 43.8 Å². The van der Waals surface area contributed by atoms with Crippen LogP contribution in [-0.4, -0.2) is 140 Å². The van der Waals surface area contributed by atoms with Crippen molar-refractivity contribution in [3.63, 3.8) is 0 Å². The molecule has 7 atom stereocenters. The molecule has 4 bridgehead atoms. The van der Waals surface area contributed by atoms with Crippen molar-refractivity contribution in [3.8, 4) is 5.75 Å². The van der Waals surface area contributed by atoms with Crippen LogP contribution in [0.2, 0.25) is 5.02 Å². The Kier molecular flexibility index (Phi) is 19.7. The lowest BCUT2D eigenvalue weighted by atomic mass is 9.83. The predicted octanol–water partition coefficient (Wildman–Crippen LogP) is 6.59. The lowest BCUT2D eigenvalue weighted by Crippen LogP contribution is -2.63. The maximum absolute atomic E-state index is 14.4. The first-order chi connectivity index (χ1) is 38.2. The Morgan fingerprint density at radius 3 is 2.42 bits per heavy atom. The van der Waals surface area contributed by atoms with E-state index in [2.05, 4.69) is 21.2 Å². The number of thioether (sulfide) groups is 1. The Hall–Kier alpha value is -6.93. The molecular formula is C56H65ClN6O16S2. The lowest BCUT2D eigenvalue weighted by Gasteiger charge is -2.42. The third kappa shape index (κ3) is 15.0. The summed E-state index contributed by atoms with van der Waals surface area (Å²) in [4.78, 5) is 93.1. The first kappa shape index (κ1) is 61.7. The molecule has 25 heteroatoms. The molecule has 81 heavy (non-hydrogen) atoms. The van der Waals surface area contributed by atoms with Crippen molar-refractivity contribution in [2.45, 2.75) is 125 Å². The van der Waals surface area contributed by atoms with Gasteiger partial charge in [-0.3, -0.25) is 43.5 Å². The molecule has 0 radical (unpaired) electrons. The maximum atomic E-state index is 14.4. The van der Waals surface area contributed by atoms with Gasteiger partial charge in [-0.25, -0.2) is 10.2 Å². The summed E-state index contributed by atoms with van der Waals surface area (Å²) in [5.74, 6) is -3.81. The SMILES string of the molecule is COc1cc2cc(c1Cl)N(C)C(=O)C[C@H](OC(=O)CSc1ccc(/C(C)=N/NC(=O)c3ccc(NC(=O)CCCCCN4C(=O)C=CC4=O)cc3S(=O)(=O)O)cc1C)[C@]1(C)O[C@H]1[C@H](C)[C@@H]1C[C@@](O)(NC(=O)O1)[C@H](OC)/C=C/C=C(\C)C2. The number of benzene rings is 3. The molecule has 0 aromatic heterocycles. The normalized spacial score (nSPS) is 25.2. The van der Waals surface area contributed by atoms with Gasteiger partial charge >= 0.3 is 12.1 Å². The highest BCUT2D eigenvalue weighted by Crippen LogP contribution is 2.49. The largest absolute Gasteiger partial charge is 0.495 e. The molecule has 5 N–H and O–H groups in total. The number of allylic oxidation sites excluding steroid dienone is 3. The Bertz CT molecular complexity index is 3220. The summed E-state index contributed by atoms with van der Waals surface area (Å²) in [6.45, 7) is 8.99. The molecule has 6 amide bonds. The quantitative estimate of drug-likeness (QED) is 0.0139. The highest BCUT2D eigenvalue weighted by atomic mass is 35.5. The summed E-state index contributed by atoms with van der Waals surface area (Å²) < 4.78 is 64.4. The van der Waals surface area contributed by atoms with Crippen LogP contribution in [0.15, 0.2) is 99.4 Å². The van der Waals surface area contributed by atoms with Crippen LogP contribution in [-0.2, 0) is 59.5 Å². The van der Waals surface area contributed by atoms with Gasteiger partial charge in [0, 0.05) is 62.2 Å². The molecule has 3 aromatic carbocycles. The molecular weight excluding hydrogens is 1110 g/mol. The van der Waals surface area contributed by atoms with Crippen LogP contribution in [0.1, 0.15) is 93.3 Å². The van der Waals surface area contributed by atoms with E-state index in [0.29, 0.717) is 58.9 Å². The van der Waals surface area contributed by atoms with Crippen molar-refractivity contribution in [1.29, 1.82) is 0 Å². The number of alkyl carbamates (subject to hydrolysis) is 1. The summed E-state index contributed by atoms with van der Waals surface area (Å²) in [7, 11) is -0.536. The molecule has 4 aliphatic rings. The number of ether oxygens (including phenoxy) is 5. The van der Waals surface area contributed by atoms with Gasteiger partial charge in [-0.1, -0.05) is 54.8 Å². The number of fused-ring (bicyclic) bond motifs is 5. The minimum Gasteiger partial charge on any atom is -0.495 e. The Balaban J connectivity index is 1.01. The minimum absolute atomic E-state index is 0.00435. The molecule has 4 aliphatic heterocycles. The molecule has 22 nitrogen and oxygen atoms in total. The third-order valence-electron chi connectivity index (χ3n) is 14.5. The zero-order valence-corrected chi connectivity index (χ0v) is 48.3. The number of methoxy groups -OCH3 is 2. The van der Waals surface area contributed by atoms with E-state index in [1.54, 1.807) is 77.2 Å². The van der Waals surface area contributed by atoms with Gasteiger partial charge in [0.25, 0.3) is 27.8 Å². The molecule has 7 rings (SSSR count). The van der Waals surface area contributed by atoms with Gasteiger partial charge in [-0.05, 0) is 106 Å². The van der Waals surface area contributed by atoms with E-state index in [-0.39, 0.29) is 42.3 Å². The number of carbonyl (C=O) groups excluding carboxylic acids is 7. The molecule has 0 unspecified atom stereocenters. The average molecular weight is 1180 g/mol. The standard InChI is InChI=1S/C56H65ClN6O16S2/c1-31-13-12-14-44(76-8)56(71)29-41(77-54(70)59-56)33(3)52-55(5,79-52)45(28-49(67)62(6)39-25-35(23-31)26-40(75-7)51(39)57)78-50(68)30-80-42-19-16-36(24-32(42)2)34(4)60-61-53(69)38-18-17-37(27-43(38)81(72,73)74)58-46(64)15-10-9-11-22-63-47(65)20-21-48(63)66/h12-14,16-21,24-27,33,41,44-45,52,71H,9-11,15,22-23,28-30H2,1-8H3,(H,58,64)(H,59,70)(H,61,69)(H,72,73,74)/b14-12+,31-13+,60-34+/t33-,41+,44-,45+,52+,55+,56+/m1/s1. The van der Waals surface area contributed by atoms with Crippen LogP contribution >= 0.6 is 23.4 Å². The van der Waals surface area contributed by atoms with E-state index in [1.165, 1.54) is 37.3 Å². The first-order valence-corrected chi connectivity index (χ1v) is 28.7. The van der Waals surface area contributed by atoms with Gasteiger partial charge in [0.05, 0.1) is 42.3 Å². The van der Waals surface area contributed by atoms with Gasteiger partial charge < -0.3 is 39.0 Å². The second-order valence-electron chi connectivity index (χ2n) is 20.4. The average Bonchev–Trinajstić information content (AvgIpc) is 3.42. The van der Waals surface area contributed by atoms with Crippen LogP contribution in [0.4, 0.5) is 16.2 Å². The van der Waals surface area contributed by atoms with Gasteiger partial charge in [0.1, 0.15) is 39.6 Å². The van der Waals surface area contributed by atoms with E-state index in [1.807, 2.05) is 13.0 Å². The van der Waals surface area contributed by atoms with Crippen LogP contribution in [0, 0.1) is 12.8 Å². The number of anilines is 2. The number of halogens is 1. The number of rotatable bonds is 17. The number of hydrogen-bond acceptors (Lipinski definition) is 17. The third-order valence-corrected chi connectivity index (χ3v) is 16.9. The molecule has 2 saturated heterocycles. The highest BCUT2D eigenvalue weighted by Gasteiger charge is 2.64.